The third-order valence-corrected chi connectivity index (χ3v) is 5.13. The highest BCUT2D eigenvalue weighted by Crippen LogP contribution is 2.30. The molecule has 0 aliphatic carbocycles. The topological polar surface area (TPSA) is 54.5 Å². The number of pyridine rings is 1. The van der Waals surface area contributed by atoms with Crippen molar-refractivity contribution in [2.24, 2.45) is 0 Å². The van der Waals surface area contributed by atoms with Gasteiger partial charge in [-0.3, -0.25) is 4.79 Å². The van der Waals surface area contributed by atoms with Crippen LogP contribution in [-0.4, -0.2) is 30.3 Å². The molecule has 0 unspecified atom stereocenters. The van der Waals surface area contributed by atoms with Crippen LogP contribution in [-0.2, 0) is 0 Å². The van der Waals surface area contributed by atoms with Crippen molar-refractivity contribution in [1.29, 1.82) is 0 Å². The molecule has 2 aromatic rings. The second-order valence-corrected chi connectivity index (χ2v) is 7.10. The molecule has 5 nitrogen and oxygen atoms in total. The van der Waals surface area contributed by atoms with Crippen LogP contribution in [0, 0.1) is 0 Å². The van der Waals surface area contributed by atoms with E-state index in [4.69, 9.17) is 27.9 Å². The van der Waals surface area contributed by atoms with Gasteiger partial charge in [-0.15, -0.1) is 0 Å². The van der Waals surface area contributed by atoms with E-state index in [9.17, 15) is 4.79 Å². The Kier molecular flexibility index (Phi) is 5.38. The molecular formula is C16H15Cl2N3O2S. The summed E-state index contributed by atoms with van der Waals surface area (Å²) in [6, 6.07) is 6.71. The molecule has 1 saturated heterocycles. The summed E-state index contributed by atoms with van der Waals surface area (Å²) in [6.45, 7) is 0.909. The lowest BCUT2D eigenvalue weighted by Crippen LogP contribution is -2.16. The SMILES string of the molecule is COc1cc(Cl)cc(NC(=O)c2cc(N3CCCS3)ncc2Cl)c1. The number of methoxy groups -OCH3 is 1. The lowest BCUT2D eigenvalue weighted by atomic mass is 10.2. The number of hydrogen-bond acceptors (Lipinski definition) is 5. The van der Waals surface area contributed by atoms with E-state index in [1.165, 1.54) is 13.3 Å². The molecule has 1 aromatic heterocycles. The van der Waals surface area contributed by atoms with Crippen LogP contribution >= 0.6 is 35.1 Å². The normalized spacial score (nSPS) is 13.9. The Morgan fingerprint density at radius 2 is 2.17 bits per heavy atom. The molecule has 1 fully saturated rings. The molecule has 1 aliphatic heterocycles. The van der Waals surface area contributed by atoms with Crippen LogP contribution in [0.15, 0.2) is 30.5 Å². The summed E-state index contributed by atoms with van der Waals surface area (Å²) in [5.74, 6) is 2.02. The molecule has 0 radical (unpaired) electrons. The predicted molar refractivity (Wildman–Crippen MR) is 99.6 cm³/mol. The van der Waals surface area contributed by atoms with E-state index < -0.39 is 0 Å². The Hall–Kier alpha value is -1.63. The van der Waals surface area contributed by atoms with Crippen molar-refractivity contribution in [2.75, 3.05) is 29.0 Å². The van der Waals surface area contributed by atoms with Crippen LogP contribution in [0.3, 0.4) is 0 Å². The van der Waals surface area contributed by atoms with Gasteiger partial charge in [0, 0.05) is 35.3 Å². The van der Waals surface area contributed by atoms with Gasteiger partial charge in [0.2, 0.25) is 0 Å². The number of ether oxygens (including phenoxy) is 1. The number of benzene rings is 1. The number of nitrogens with zero attached hydrogens (tertiary/aromatic N) is 2. The number of carbonyl (C=O) groups excluding carboxylic acids is 1. The van der Waals surface area contributed by atoms with Crippen molar-refractivity contribution in [2.45, 2.75) is 6.42 Å². The fourth-order valence-corrected chi connectivity index (χ4v) is 3.70. The maximum absolute atomic E-state index is 12.6. The highest BCUT2D eigenvalue weighted by atomic mass is 35.5. The quantitative estimate of drug-likeness (QED) is 0.787. The van der Waals surface area contributed by atoms with E-state index in [1.807, 2.05) is 0 Å². The molecule has 8 heteroatoms. The summed E-state index contributed by atoms with van der Waals surface area (Å²) < 4.78 is 7.22. The van der Waals surface area contributed by atoms with Crippen molar-refractivity contribution in [3.8, 4) is 5.75 Å². The maximum Gasteiger partial charge on any atom is 0.257 e. The number of hydrogen-bond donors (Lipinski definition) is 1. The van der Waals surface area contributed by atoms with Gasteiger partial charge in [0.05, 0.1) is 17.7 Å². The van der Waals surface area contributed by atoms with Gasteiger partial charge < -0.3 is 14.4 Å². The van der Waals surface area contributed by atoms with E-state index in [0.717, 1.165) is 24.5 Å². The van der Waals surface area contributed by atoms with Crippen molar-refractivity contribution in [3.63, 3.8) is 0 Å². The predicted octanol–water partition coefficient (Wildman–Crippen LogP) is 4.51. The number of carbonyl (C=O) groups is 1. The first-order valence-electron chi connectivity index (χ1n) is 7.29. The second kappa shape index (κ2) is 7.51. The largest absolute Gasteiger partial charge is 0.497 e. The molecule has 1 aliphatic rings. The minimum atomic E-state index is -0.322. The van der Waals surface area contributed by atoms with Gasteiger partial charge in [0.1, 0.15) is 11.6 Å². The molecule has 0 spiro atoms. The molecule has 0 atom stereocenters. The number of anilines is 2. The van der Waals surface area contributed by atoms with Crippen LogP contribution in [0.4, 0.5) is 11.5 Å². The van der Waals surface area contributed by atoms with Gasteiger partial charge >= 0.3 is 0 Å². The van der Waals surface area contributed by atoms with Crippen molar-refractivity contribution >= 4 is 52.6 Å². The molecular weight excluding hydrogens is 369 g/mol. The Bertz CT molecular complexity index is 767. The van der Waals surface area contributed by atoms with Crippen molar-refractivity contribution in [1.82, 2.24) is 4.98 Å². The van der Waals surface area contributed by atoms with Gasteiger partial charge in [-0.1, -0.05) is 23.2 Å². The first-order chi connectivity index (χ1) is 11.6. The van der Waals surface area contributed by atoms with E-state index in [2.05, 4.69) is 14.6 Å². The average molecular weight is 384 g/mol. The maximum atomic E-state index is 12.6. The lowest BCUT2D eigenvalue weighted by Gasteiger charge is -2.16. The van der Waals surface area contributed by atoms with E-state index in [-0.39, 0.29) is 5.91 Å². The van der Waals surface area contributed by atoms with Crippen molar-refractivity contribution < 1.29 is 9.53 Å². The third-order valence-electron chi connectivity index (χ3n) is 3.46. The van der Waals surface area contributed by atoms with Crippen LogP contribution in [0.1, 0.15) is 16.8 Å². The minimum Gasteiger partial charge on any atom is -0.497 e. The van der Waals surface area contributed by atoms with Crippen LogP contribution < -0.4 is 14.4 Å². The molecule has 2 heterocycles. The summed E-state index contributed by atoms with van der Waals surface area (Å²) in [5.41, 5.74) is 0.905. The van der Waals surface area contributed by atoms with Gasteiger partial charge in [-0.05, 0) is 36.6 Å². The zero-order valence-electron chi connectivity index (χ0n) is 12.9. The Morgan fingerprint density at radius 1 is 1.33 bits per heavy atom. The van der Waals surface area contributed by atoms with E-state index >= 15 is 0 Å². The summed E-state index contributed by atoms with van der Waals surface area (Å²) in [7, 11) is 1.54. The molecule has 1 N–H and O–H groups in total. The number of aromatic nitrogens is 1. The fourth-order valence-electron chi connectivity index (χ4n) is 2.32. The van der Waals surface area contributed by atoms with Crippen LogP contribution in [0.2, 0.25) is 10.0 Å². The molecule has 0 saturated carbocycles. The molecule has 1 amide bonds. The monoisotopic (exact) mass is 383 g/mol. The zero-order valence-corrected chi connectivity index (χ0v) is 15.2. The first-order valence-corrected chi connectivity index (χ1v) is 8.98. The Morgan fingerprint density at radius 3 is 2.88 bits per heavy atom. The number of nitrogens with one attached hydrogen (secondary N) is 1. The van der Waals surface area contributed by atoms with E-state index in [1.54, 1.807) is 36.2 Å². The number of amides is 1. The van der Waals surface area contributed by atoms with E-state index in [0.29, 0.717) is 27.0 Å². The minimum absolute atomic E-state index is 0.300. The van der Waals surface area contributed by atoms with Gasteiger partial charge in [0.25, 0.3) is 5.91 Å². The van der Waals surface area contributed by atoms with Gasteiger partial charge in [-0.25, -0.2) is 4.98 Å². The standard InChI is InChI=1S/C16H15Cl2N3O2S/c1-23-12-6-10(17)5-11(7-12)20-16(22)13-8-15(19-9-14(13)18)21-3-2-4-24-21/h5-9H,2-4H2,1H3,(H,20,22). The fraction of sp³-hybridized carbons (Fsp3) is 0.250. The summed E-state index contributed by atoms with van der Waals surface area (Å²) in [4.78, 5) is 16.9. The summed E-state index contributed by atoms with van der Waals surface area (Å²) in [5, 5.41) is 3.56. The smallest absolute Gasteiger partial charge is 0.257 e. The molecule has 3 rings (SSSR count). The summed E-state index contributed by atoms with van der Waals surface area (Å²) >= 11 is 13.9. The average Bonchev–Trinajstić information content (AvgIpc) is 3.09. The Labute approximate surface area is 154 Å². The second-order valence-electron chi connectivity index (χ2n) is 5.15. The first kappa shape index (κ1) is 17.2. The molecule has 0 bridgehead atoms. The van der Waals surface area contributed by atoms with Crippen LogP contribution in [0.25, 0.3) is 0 Å². The third kappa shape index (κ3) is 3.88. The Balaban J connectivity index is 1.84. The molecule has 1 aromatic carbocycles. The van der Waals surface area contributed by atoms with Gasteiger partial charge in [0.15, 0.2) is 0 Å². The lowest BCUT2D eigenvalue weighted by molar-refractivity contribution is 0.102. The van der Waals surface area contributed by atoms with Crippen LogP contribution in [0.5, 0.6) is 5.75 Å². The van der Waals surface area contributed by atoms with Gasteiger partial charge in [-0.2, -0.15) is 0 Å². The number of rotatable bonds is 4. The summed E-state index contributed by atoms with van der Waals surface area (Å²) in [6.07, 6.45) is 2.60. The highest BCUT2D eigenvalue weighted by molar-refractivity contribution is 8.00. The van der Waals surface area contributed by atoms with Crippen molar-refractivity contribution in [3.05, 3.63) is 46.1 Å². The molecule has 24 heavy (non-hydrogen) atoms. The zero-order chi connectivity index (χ0) is 17.1. The number of halogens is 2. The highest BCUT2D eigenvalue weighted by Gasteiger charge is 2.19. The molecule has 126 valence electrons.